The number of hydrogen-bond donors (Lipinski definition) is 3. The lowest BCUT2D eigenvalue weighted by Gasteiger charge is -2.33. The third-order valence-electron chi connectivity index (χ3n) is 12.4. The molecule has 73 heavy (non-hydrogen) atoms. The van der Waals surface area contributed by atoms with Gasteiger partial charge in [0.15, 0.2) is 11.2 Å². The monoisotopic (exact) mass is 1010 g/mol. The highest BCUT2D eigenvalue weighted by Gasteiger charge is 2.41. The van der Waals surface area contributed by atoms with E-state index in [9.17, 15) is 27.2 Å². The van der Waals surface area contributed by atoms with Crippen LogP contribution in [0.4, 0.5) is 52.9 Å². The number of carbonyl (C=O) groups excluding carboxylic acids is 2. The number of aryl methyl sites for hydroxylation is 1. The number of ether oxygens (including phenoxy) is 2. The van der Waals surface area contributed by atoms with Crippen molar-refractivity contribution >= 4 is 69.6 Å². The molecule has 3 N–H and O–H groups in total. The first-order valence-electron chi connectivity index (χ1n) is 23.4. The fraction of sp³-hybridized carbons (Fsp3) is 0.362. The van der Waals surface area contributed by atoms with Crippen LogP contribution in [0.5, 0.6) is 0 Å². The molecule has 0 saturated carbocycles. The molecule has 0 spiro atoms. The maximum atomic E-state index is 14.4. The van der Waals surface area contributed by atoms with Crippen LogP contribution in [0.15, 0.2) is 82.2 Å². The molecule has 0 unspecified atom stereocenters. The standard InChI is InChI=1S/C47H46F4N16O6/c1-63-24-28(22-53-63)32-4-2-6-36(55-32)58-43(69)31-20-34-38(59-41(31)66-14-10-47(50,51)26-66)61-44(72-34)52-11-17-71-27-67-25-29(23-54-67)33-5-3-7-37(56-33)57-42(68)30-21-35-39(62-45(73-35)65-15-18-70-19-16-65)60-40(30)64-12-8-46(48,49)9-13-64/h2-7,20-25H,8-19,26-27H2,1H3,(H,52,59,61)(H,55,58,69)(H,56,57,68). The molecule has 3 aliphatic rings. The number of morpholine rings is 1. The molecule has 0 aliphatic carbocycles. The number of piperidine rings is 1. The summed E-state index contributed by atoms with van der Waals surface area (Å²) in [6.45, 7) is 1.98. The number of pyridine rings is 4. The van der Waals surface area contributed by atoms with Crippen LogP contribution in [0.25, 0.3) is 45.0 Å². The van der Waals surface area contributed by atoms with Gasteiger partial charge in [-0.25, -0.2) is 42.2 Å². The molecule has 0 atom stereocenters. The highest BCUT2D eigenvalue weighted by atomic mass is 19.3. The fourth-order valence-electron chi connectivity index (χ4n) is 8.65. The number of carbonyl (C=O) groups is 2. The highest BCUT2D eigenvalue weighted by molar-refractivity contribution is 6.09. The zero-order valence-corrected chi connectivity index (χ0v) is 39.1. The molecule has 0 aromatic carbocycles. The van der Waals surface area contributed by atoms with Crippen molar-refractivity contribution in [2.45, 2.75) is 37.8 Å². The van der Waals surface area contributed by atoms with Crippen molar-refractivity contribution in [3.63, 3.8) is 0 Å². The smallest absolute Gasteiger partial charge is 0.300 e. The Kier molecular flexibility index (Phi) is 12.5. The van der Waals surface area contributed by atoms with Gasteiger partial charge in [0.05, 0.1) is 61.3 Å². The van der Waals surface area contributed by atoms with Gasteiger partial charge in [-0.2, -0.15) is 20.2 Å². The van der Waals surface area contributed by atoms with Crippen molar-refractivity contribution in [3.05, 3.63) is 84.4 Å². The Morgan fingerprint density at radius 1 is 0.685 bits per heavy atom. The summed E-state index contributed by atoms with van der Waals surface area (Å²) >= 11 is 0. The molecule has 22 nitrogen and oxygen atoms in total. The van der Waals surface area contributed by atoms with Crippen LogP contribution >= 0.6 is 0 Å². The number of oxazole rings is 2. The molecule has 11 heterocycles. The number of nitrogens with one attached hydrogen (secondary N) is 3. The van der Waals surface area contributed by atoms with Crippen molar-refractivity contribution in [2.24, 2.45) is 7.05 Å². The molecule has 2 amide bonds. The van der Waals surface area contributed by atoms with Gasteiger partial charge < -0.3 is 49.0 Å². The average Bonchev–Trinajstić information content (AvgIpc) is 4.25. The molecule has 3 fully saturated rings. The third kappa shape index (κ3) is 10.4. The topological polar surface area (TPSA) is 238 Å². The second-order valence-electron chi connectivity index (χ2n) is 17.7. The Hall–Kier alpha value is -8.26. The predicted molar refractivity (Wildman–Crippen MR) is 257 cm³/mol. The Morgan fingerprint density at radius 3 is 1.93 bits per heavy atom. The summed E-state index contributed by atoms with van der Waals surface area (Å²) in [5.41, 5.74) is 3.38. The van der Waals surface area contributed by atoms with Crippen LogP contribution in [0.3, 0.4) is 0 Å². The minimum atomic E-state index is -2.96. The van der Waals surface area contributed by atoms with Gasteiger partial charge in [-0.1, -0.05) is 12.1 Å². The van der Waals surface area contributed by atoms with Crippen LogP contribution in [0.2, 0.25) is 0 Å². The number of rotatable bonds is 15. The Balaban J connectivity index is 0.723. The normalized spacial score (nSPS) is 16.6. The summed E-state index contributed by atoms with van der Waals surface area (Å²) in [7, 11) is 1.78. The second kappa shape index (κ2) is 19.4. The van der Waals surface area contributed by atoms with Crippen molar-refractivity contribution in [1.29, 1.82) is 0 Å². The molecule has 0 bridgehead atoms. The van der Waals surface area contributed by atoms with Crippen molar-refractivity contribution in [2.75, 3.05) is 96.3 Å². The Morgan fingerprint density at radius 2 is 1.29 bits per heavy atom. The Bertz CT molecular complexity index is 3320. The molecule has 3 saturated heterocycles. The number of halogens is 4. The van der Waals surface area contributed by atoms with Gasteiger partial charge >= 0.3 is 0 Å². The molecular weight excluding hydrogens is 961 g/mol. The number of fused-ring (bicyclic) bond motifs is 2. The molecular formula is C47H46F4N16O6. The fourth-order valence-corrected chi connectivity index (χ4v) is 8.65. The number of amides is 2. The van der Waals surface area contributed by atoms with Crippen LogP contribution in [-0.2, 0) is 23.3 Å². The number of anilines is 6. The molecule has 8 aromatic heterocycles. The SMILES string of the molecule is Cn1cc(-c2cccc(NC(=O)c3cc4oc(NCCOCn5cc(-c6cccc(NC(=O)c7cc8oc(N9CCOCC9)nc8nc7N7CCC(F)(F)CC7)n6)cn5)nc4nc3N3CCC(F)(F)C3)n2)cn1. The summed E-state index contributed by atoms with van der Waals surface area (Å²) in [5.74, 6) is -6.23. The molecule has 0 radical (unpaired) electrons. The minimum Gasteiger partial charge on any atom is -0.422 e. The van der Waals surface area contributed by atoms with Gasteiger partial charge in [0.25, 0.3) is 35.7 Å². The third-order valence-corrected chi connectivity index (χ3v) is 12.4. The summed E-state index contributed by atoms with van der Waals surface area (Å²) in [4.78, 5) is 60.0. The number of nitrogens with zero attached hydrogens (tertiary/aromatic N) is 13. The first-order chi connectivity index (χ1) is 35.3. The van der Waals surface area contributed by atoms with Gasteiger partial charge in [0, 0.05) is 101 Å². The number of hydrogen-bond acceptors (Lipinski definition) is 18. The Labute approximate surface area is 411 Å². The van der Waals surface area contributed by atoms with Crippen LogP contribution in [0, 0.1) is 0 Å². The maximum absolute atomic E-state index is 14.4. The summed E-state index contributed by atoms with van der Waals surface area (Å²) in [5, 5.41) is 17.2. The van der Waals surface area contributed by atoms with Gasteiger partial charge in [-0.3, -0.25) is 14.3 Å². The van der Waals surface area contributed by atoms with E-state index in [1.54, 1.807) is 82.5 Å². The first-order valence-corrected chi connectivity index (χ1v) is 23.4. The van der Waals surface area contributed by atoms with E-state index < -0.39 is 36.6 Å². The van der Waals surface area contributed by atoms with Crippen molar-refractivity contribution < 1.29 is 45.5 Å². The van der Waals surface area contributed by atoms with Gasteiger partial charge in [-0.15, -0.1) is 0 Å². The first kappa shape index (κ1) is 47.1. The summed E-state index contributed by atoms with van der Waals surface area (Å²) in [6.07, 6.45) is 5.60. The quantitative estimate of drug-likeness (QED) is 0.0752. The van der Waals surface area contributed by atoms with Crippen LogP contribution < -0.4 is 30.7 Å². The largest absolute Gasteiger partial charge is 0.422 e. The van der Waals surface area contributed by atoms with E-state index in [4.69, 9.17) is 18.3 Å². The van der Waals surface area contributed by atoms with Gasteiger partial charge in [0.1, 0.15) is 30.0 Å². The maximum Gasteiger partial charge on any atom is 0.300 e. The van der Waals surface area contributed by atoms with E-state index in [0.29, 0.717) is 49.3 Å². The highest BCUT2D eigenvalue weighted by Crippen LogP contribution is 2.36. The van der Waals surface area contributed by atoms with E-state index in [0.717, 1.165) is 5.56 Å². The molecule has 3 aliphatic heterocycles. The molecule has 378 valence electrons. The van der Waals surface area contributed by atoms with Crippen molar-refractivity contribution in [1.82, 2.24) is 49.5 Å². The van der Waals surface area contributed by atoms with E-state index in [-0.39, 0.29) is 115 Å². The predicted octanol–water partition coefficient (Wildman–Crippen LogP) is 6.32. The summed E-state index contributed by atoms with van der Waals surface area (Å²) in [6, 6.07) is 13.6. The number of alkyl halides is 4. The van der Waals surface area contributed by atoms with Crippen molar-refractivity contribution in [3.8, 4) is 22.5 Å². The van der Waals surface area contributed by atoms with E-state index >= 15 is 0 Å². The van der Waals surface area contributed by atoms with E-state index in [1.165, 1.54) is 17.0 Å². The van der Waals surface area contributed by atoms with E-state index in [2.05, 4.69) is 56.1 Å². The summed E-state index contributed by atoms with van der Waals surface area (Å²) < 4.78 is 83.7. The molecule has 26 heteroatoms. The molecule has 11 rings (SSSR count). The van der Waals surface area contributed by atoms with Gasteiger partial charge in [0.2, 0.25) is 11.3 Å². The molecule has 8 aromatic rings. The zero-order chi connectivity index (χ0) is 50.3. The van der Waals surface area contributed by atoms with Crippen LogP contribution in [-0.4, -0.2) is 139 Å². The number of aromatic nitrogens is 10. The lowest BCUT2D eigenvalue weighted by Crippen LogP contribution is -2.40. The average molecular weight is 1010 g/mol. The van der Waals surface area contributed by atoms with Crippen LogP contribution in [0.1, 0.15) is 40.0 Å². The lowest BCUT2D eigenvalue weighted by atomic mass is 10.1. The minimum absolute atomic E-state index is 0.00308. The van der Waals surface area contributed by atoms with E-state index in [1.807, 2.05) is 4.90 Å². The van der Waals surface area contributed by atoms with Gasteiger partial charge in [-0.05, 0) is 24.3 Å². The lowest BCUT2D eigenvalue weighted by molar-refractivity contribution is -0.0221. The zero-order valence-electron chi connectivity index (χ0n) is 39.1. The second-order valence-corrected chi connectivity index (χ2v) is 17.7.